The molecule has 0 saturated heterocycles. The highest BCUT2D eigenvalue weighted by Crippen LogP contribution is 2.31. The molecule has 5 aromatic rings. The van der Waals surface area contributed by atoms with Gasteiger partial charge in [0, 0.05) is 42.9 Å². The monoisotopic (exact) mass is 540 g/mol. The zero-order valence-corrected chi connectivity index (χ0v) is 23.3. The van der Waals surface area contributed by atoms with Crippen molar-refractivity contribution < 1.29 is 9.59 Å². The zero-order valence-electron chi connectivity index (χ0n) is 23.3. The van der Waals surface area contributed by atoms with E-state index in [0.717, 1.165) is 40.1 Å². The van der Waals surface area contributed by atoms with Gasteiger partial charge in [-0.05, 0) is 83.6 Å². The number of benzene rings is 3. The average molecular weight is 541 g/mol. The maximum Gasteiger partial charge on any atom is 0.270 e. The van der Waals surface area contributed by atoms with E-state index in [9.17, 15) is 9.59 Å². The van der Waals surface area contributed by atoms with E-state index in [2.05, 4.69) is 28.6 Å². The molecule has 2 amide bonds. The summed E-state index contributed by atoms with van der Waals surface area (Å²) < 4.78 is 2.05. The molecule has 1 aliphatic rings. The molecule has 2 aromatic heterocycles. The summed E-state index contributed by atoms with van der Waals surface area (Å²) in [5, 5.41) is 0. The minimum atomic E-state index is -0.0641. The summed E-state index contributed by atoms with van der Waals surface area (Å²) in [7, 11) is 1.84. The molecule has 0 aliphatic carbocycles. The van der Waals surface area contributed by atoms with Crippen LogP contribution < -0.4 is 4.90 Å². The molecule has 0 unspecified atom stereocenters. The van der Waals surface area contributed by atoms with Gasteiger partial charge in [-0.1, -0.05) is 54.6 Å². The minimum Gasteiger partial charge on any atom is -0.340 e. The molecule has 6 rings (SSSR count). The van der Waals surface area contributed by atoms with E-state index >= 15 is 0 Å². The Balaban J connectivity index is 1.26. The zero-order chi connectivity index (χ0) is 28.3. The molecule has 0 saturated carbocycles. The molecule has 3 aromatic carbocycles. The molecule has 6 heteroatoms. The molecule has 204 valence electrons. The fourth-order valence-electron chi connectivity index (χ4n) is 5.52. The van der Waals surface area contributed by atoms with Gasteiger partial charge in [0.05, 0.1) is 13.1 Å². The molecule has 1 aliphatic heterocycles. The van der Waals surface area contributed by atoms with Crippen molar-refractivity contribution >= 4 is 17.5 Å². The third-order valence-corrected chi connectivity index (χ3v) is 7.89. The SMILES string of the molecule is Cc1ccccc1-c1ccc(C(=O)N2Cc3ccc(C(=O)N(C)CCc4ccncc4)n3Cc3ccccc32)cc1. The first-order valence-electron chi connectivity index (χ1n) is 13.9. The van der Waals surface area contributed by atoms with Crippen molar-refractivity contribution in [1.82, 2.24) is 14.5 Å². The van der Waals surface area contributed by atoms with Crippen molar-refractivity contribution in [1.29, 1.82) is 0 Å². The number of para-hydroxylation sites is 1. The van der Waals surface area contributed by atoms with E-state index in [1.54, 1.807) is 17.3 Å². The Bertz CT molecular complexity index is 1710. The van der Waals surface area contributed by atoms with Gasteiger partial charge in [0.25, 0.3) is 11.8 Å². The van der Waals surface area contributed by atoms with Crippen molar-refractivity contribution in [2.75, 3.05) is 18.5 Å². The van der Waals surface area contributed by atoms with Crippen LogP contribution in [0.1, 0.15) is 43.2 Å². The van der Waals surface area contributed by atoms with Crippen LogP contribution in [0.4, 0.5) is 5.69 Å². The molecular formula is C35H32N4O2. The number of carbonyl (C=O) groups excluding carboxylic acids is 2. The Morgan fingerprint density at radius 1 is 0.829 bits per heavy atom. The maximum absolute atomic E-state index is 13.9. The summed E-state index contributed by atoms with van der Waals surface area (Å²) >= 11 is 0. The van der Waals surface area contributed by atoms with Crippen LogP contribution in [0.3, 0.4) is 0 Å². The highest BCUT2D eigenvalue weighted by molar-refractivity contribution is 6.07. The second-order valence-electron chi connectivity index (χ2n) is 10.5. The molecule has 3 heterocycles. The van der Waals surface area contributed by atoms with Crippen molar-refractivity contribution in [2.45, 2.75) is 26.4 Å². The highest BCUT2D eigenvalue weighted by Gasteiger charge is 2.28. The van der Waals surface area contributed by atoms with Crippen molar-refractivity contribution in [2.24, 2.45) is 0 Å². The van der Waals surface area contributed by atoms with Crippen molar-refractivity contribution in [3.8, 4) is 11.1 Å². The molecule has 0 N–H and O–H groups in total. The number of fused-ring (bicyclic) bond motifs is 2. The molecular weight excluding hydrogens is 508 g/mol. The number of nitrogens with zero attached hydrogens (tertiary/aromatic N) is 4. The van der Waals surface area contributed by atoms with Crippen LogP contribution in [-0.4, -0.2) is 39.9 Å². The molecule has 0 atom stereocenters. The number of hydrogen-bond donors (Lipinski definition) is 0. The Kier molecular flexibility index (Phi) is 7.21. The van der Waals surface area contributed by atoms with Gasteiger partial charge in [0.1, 0.15) is 5.69 Å². The number of pyridine rings is 1. The lowest BCUT2D eigenvalue weighted by Gasteiger charge is -2.23. The predicted octanol–water partition coefficient (Wildman–Crippen LogP) is 6.38. The molecule has 0 bridgehead atoms. The summed E-state index contributed by atoms with van der Waals surface area (Å²) in [6.07, 6.45) is 4.30. The van der Waals surface area contributed by atoms with Gasteiger partial charge in [0.15, 0.2) is 0 Å². The largest absolute Gasteiger partial charge is 0.340 e. The van der Waals surface area contributed by atoms with Crippen molar-refractivity contribution in [3.05, 3.63) is 143 Å². The molecule has 0 spiro atoms. The fraction of sp³-hybridized carbons (Fsp3) is 0.171. The third-order valence-electron chi connectivity index (χ3n) is 7.89. The van der Waals surface area contributed by atoms with Gasteiger partial charge in [-0.15, -0.1) is 0 Å². The van der Waals surface area contributed by atoms with Gasteiger partial charge >= 0.3 is 0 Å². The Hall–Kier alpha value is -4.97. The van der Waals surface area contributed by atoms with Crippen LogP contribution >= 0.6 is 0 Å². The van der Waals surface area contributed by atoms with Gasteiger partial charge in [-0.3, -0.25) is 14.6 Å². The topological polar surface area (TPSA) is 58.4 Å². The van der Waals surface area contributed by atoms with Crippen molar-refractivity contribution in [3.63, 3.8) is 0 Å². The lowest BCUT2D eigenvalue weighted by molar-refractivity contribution is 0.0786. The van der Waals surface area contributed by atoms with Crippen LogP contribution in [0, 0.1) is 6.92 Å². The molecule has 0 fully saturated rings. The highest BCUT2D eigenvalue weighted by atomic mass is 16.2. The minimum absolute atomic E-state index is 0.0330. The normalized spacial score (nSPS) is 12.3. The molecule has 6 nitrogen and oxygen atoms in total. The second kappa shape index (κ2) is 11.3. The van der Waals surface area contributed by atoms with Crippen LogP contribution in [0.25, 0.3) is 11.1 Å². The predicted molar refractivity (Wildman–Crippen MR) is 162 cm³/mol. The Morgan fingerprint density at radius 2 is 1.56 bits per heavy atom. The van der Waals surface area contributed by atoms with E-state index in [1.807, 2.05) is 96.9 Å². The fourth-order valence-corrected chi connectivity index (χ4v) is 5.52. The quantitative estimate of drug-likeness (QED) is 0.251. The van der Waals surface area contributed by atoms with E-state index in [0.29, 0.717) is 30.9 Å². The smallest absolute Gasteiger partial charge is 0.270 e. The van der Waals surface area contributed by atoms with Crippen LogP contribution in [0.2, 0.25) is 0 Å². The van der Waals surface area contributed by atoms with Gasteiger partial charge in [-0.25, -0.2) is 0 Å². The second-order valence-corrected chi connectivity index (χ2v) is 10.5. The first kappa shape index (κ1) is 26.3. The number of aromatic nitrogens is 2. The maximum atomic E-state index is 13.9. The van der Waals surface area contributed by atoms with Gasteiger partial charge in [0.2, 0.25) is 0 Å². The molecule has 41 heavy (non-hydrogen) atoms. The van der Waals surface area contributed by atoms with E-state index in [-0.39, 0.29) is 11.8 Å². The van der Waals surface area contributed by atoms with Gasteiger partial charge < -0.3 is 14.4 Å². The van der Waals surface area contributed by atoms with E-state index in [4.69, 9.17) is 0 Å². The summed E-state index contributed by atoms with van der Waals surface area (Å²) in [5.74, 6) is -0.0971. The Morgan fingerprint density at radius 3 is 2.34 bits per heavy atom. The summed E-state index contributed by atoms with van der Waals surface area (Å²) in [6.45, 7) is 3.59. The third kappa shape index (κ3) is 5.29. The van der Waals surface area contributed by atoms with Crippen LogP contribution in [-0.2, 0) is 19.5 Å². The Labute approximate surface area is 240 Å². The first-order chi connectivity index (χ1) is 20.0. The van der Waals surface area contributed by atoms with E-state index < -0.39 is 0 Å². The van der Waals surface area contributed by atoms with E-state index in [1.165, 1.54) is 5.56 Å². The summed E-state index contributed by atoms with van der Waals surface area (Å²) in [5.41, 5.74) is 8.64. The lowest BCUT2D eigenvalue weighted by Crippen LogP contribution is -2.31. The van der Waals surface area contributed by atoms with Gasteiger partial charge in [-0.2, -0.15) is 0 Å². The average Bonchev–Trinajstić information content (AvgIpc) is 3.32. The van der Waals surface area contributed by atoms with Crippen LogP contribution in [0.15, 0.2) is 109 Å². The number of rotatable bonds is 6. The number of carbonyl (C=O) groups is 2. The molecule has 0 radical (unpaired) electrons. The number of hydrogen-bond acceptors (Lipinski definition) is 3. The number of amides is 2. The number of anilines is 1. The summed E-state index contributed by atoms with van der Waals surface area (Å²) in [4.78, 5) is 35.2. The lowest BCUT2D eigenvalue weighted by atomic mass is 9.99. The standard InChI is InChI=1S/C35H32N4O2/c1-25-7-3-5-9-31(25)27-11-13-28(14-12-27)34(40)39-24-30-15-16-33(38(30)23-29-8-4-6-10-32(29)39)35(41)37(2)22-19-26-17-20-36-21-18-26/h3-18,20-21H,19,22-24H2,1-2H3. The van der Waals surface area contributed by atoms with Crippen LogP contribution in [0.5, 0.6) is 0 Å². The number of aryl methyl sites for hydroxylation is 1. The summed E-state index contributed by atoms with van der Waals surface area (Å²) in [6, 6.07) is 31.9. The number of likely N-dealkylation sites (N-methyl/N-ethyl adjacent to an activating group) is 1. The first-order valence-corrected chi connectivity index (χ1v) is 13.9.